The van der Waals surface area contributed by atoms with Gasteiger partial charge in [0.05, 0.1) is 22.8 Å². The maximum absolute atomic E-state index is 12.9. The van der Waals surface area contributed by atoms with Crippen molar-refractivity contribution >= 4 is 22.7 Å². The van der Waals surface area contributed by atoms with Crippen molar-refractivity contribution in [2.45, 2.75) is 32.2 Å². The van der Waals surface area contributed by atoms with Crippen LogP contribution in [0.5, 0.6) is 11.5 Å². The fourth-order valence-electron chi connectivity index (χ4n) is 3.85. The number of benzene rings is 2. The minimum atomic E-state index is -0.213. The van der Waals surface area contributed by atoms with Crippen molar-refractivity contribution in [1.82, 2.24) is 15.0 Å². The molecule has 7 nitrogen and oxygen atoms in total. The Kier molecular flexibility index (Phi) is 4.35. The average molecular weight is 388 g/mol. The molecule has 1 unspecified atom stereocenters. The van der Waals surface area contributed by atoms with E-state index in [4.69, 9.17) is 14.6 Å². The number of carbonyl (C=O) groups excluding carboxylic acids is 1. The van der Waals surface area contributed by atoms with Crippen LogP contribution in [0.3, 0.4) is 0 Å². The van der Waals surface area contributed by atoms with E-state index < -0.39 is 0 Å². The molecule has 1 amide bonds. The SMILES string of the molecule is CCCC(=O)N1N=C(c2ccc3c(c2)OCO3)CC1c1cccc2nccnc12. The van der Waals surface area contributed by atoms with E-state index in [2.05, 4.69) is 9.97 Å². The Labute approximate surface area is 168 Å². The maximum atomic E-state index is 12.9. The molecular weight excluding hydrogens is 368 g/mol. The number of rotatable bonds is 4. The third-order valence-electron chi connectivity index (χ3n) is 5.22. The Hall–Kier alpha value is -3.48. The minimum Gasteiger partial charge on any atom is -0.454 e. The molecule has 146 valence electrons. The normalized spacial score (nSPS) is 17.6. The van der Waals surface area contributed by atoms with Crippen molar-refractivity contribution in [3.8, 4) is 11.5 Å². The lowest BCUT2D eigenvalue weighted by Gasteiger charge is -2.22. The molecule has 0 spiro atoms. The highest BCUT2D eigenvalue weighted by Gasteiger charge is 2.34. The number of hydrogen-bond donors (Lipinski definition) is 0. The number of amides is 1. The van der Waals surface area contributed by atoms with Gasteiger partial charge in [-0.3, -0.25) is 14.8 Å². The zero-order valence-corrected chi connectivity index (χ0v) is 16.0. The molecular formula is C22H20N4O3. The molecule has 3 aromatic rings. The van der Waals surface area contributed by atoms with Gasteiger partial charge in [0.2, 0.25) is 12.7 Å². The van der Waals surface area contributed by atoms with Crippen molar-refractivity contribution in [1.29, 1.82) is 0 Å². The molecule has 2 aliphatic rings. The molecule has 5 rings (SSSR count). The third-order valence-corrected chi connectivity index (χ3v) is 5.22. The predicted octanol–water partition coefficient (Wildman–Crippen LogP) is 3.84. The van der Waals surface area contributed by atoms with Crippen LogP contribution in [0, 0.1) is 0 Å². The maximum Gasteiger partial charge on any atom is 0.243 e. The minimum absolute atomic E-state index is 0.00846. The lowest BCUT2D eigenvalue weighted by Crippen LogP contribution is -2.27. The zero-order chi connectivity index (χ0) is 19.8. The van der Waals surface area contributed by atoms with Crippen molar-refractivity contribution in [3.05, 3.63) is 59.9 Å². The molecule has 1 atom stereocenters. The first-order valence-electron chi connectivity index (χ1n) is 9.74. The Bertz CT molecular complexity index is 1120. The Morgan fingerprint density at radius 2 is 2.00 bits per heavy atom. The van der Waals surface area contributed by atoms with Crippen LogP contribution in [0.15, 0.2) is 53.9 Å². The Morgan fingerprint density at radius 1 is 1.14 bits per heavy atom. The molecule has 0 saturated carbocycles. The third kappa shape index (κ3) is 3.08. The van der Waals surface area contributed by atoms with Gasteiger partial charge in [0.15, 0.2) is 11.5 Å². The first kappa shape index (κ1) is 17.6. The van der Waals surface area contributed by atoms with Gasteiger partial charge in [0, 0.05) is 36.4 Å². The molecule has 3 heterocycles. The van der Waals surface area contributed by atoms with Gasteiger partial charge in [-0.1, -0.05) is 19.1 Å². The zero-order valence-electron chi connectivity index (χ0n) is 16.0. The topological polar surface area (TPSA) is 76.9 Å². The standard InChI is InChI=1S/C22H20N4O3/c1-2-4-21(27)26-18(15-5-3-6-16-22(15)24-10-9-23-16)12-17(25-26)14-7-8-19-20(11-14)29-13-28-19/h3,5-11,18H,2,4,12-13H2,1H3. The second-order valence-corrected chi connectivity index (χ2v) is 7.09. The van der Waals surface area contributed by atoms with E-state index >= 15 is 0 Å². The second kappa shape index (κ2) is 7.16. The fraction of sp³-hybridized carbons (Fsp3) is 0.273. The second-order valence-electron chi connectivity index (χ2n) is 7.09. The van der Waals surface area contributed by atoms with E-state index in [1.807, 2.05) is 43.3 Å². The highest BCUT2D eigenvalue weighted by molar-refractivity contribution is 6.04. The first-order chi connectivity index (χ1) is 14.2. The van der Waals surface area contributed by atoms with Crippen LogP contribution in [-0.2, 0) is 4.79 Å². The van der Waals surface area contributed by atoms with Gasteiger partial charge in [0.25, 0.3) is 0 Å². The van der Waals surface area contributed by atoms with Crippen LogP contribution in [0.4, 0.5) is 0 Å². The number of para-hydroxylation sites is 1. The summed E-state index contributed by atoms with van der Waals surface area (Å²) in [5.74, 6) is 1.44. The molecule has 7 heteroatoms. The summed E-state index contributed by atoms with van der Waals surface area (Å²) >= 11 is 0. The molecule has 0 radical (unpaired) electrons. The molecule has 0 bridgehead atoms. The summed E-state index contributed by atoms with van der Waals surface area (Å²) in [4.78, 5) is 21.8. The van der Waals surface area contributed by atoms with Crippen LogP contribution in [0.25, 0.3) is 11.0 Å². The van der Waals surface area contributed by atoms with Gasteiger partial charge in [-0.25, -0.2) is 5.01 Å². The predicted molar refractivity (Wildman–Crippen MR) is 108 cm³/mol. The van der Waals surface area contributed by atoms with Gasteiger partial charge >= 0.3 is 0 Å². The number of hydrazone groups is 1. The Balaban J connectivity index is 1.56. The largest absolute Gasteiger partial charge is 0.454 e. The molecule has 2 aromatic carbocycles. The van der Waals surface area contributed by atoms with E-state index in [-0.39, 0.29) is 18.7 Å². The lowest BCUT2D eigenvalue weighted by atomic mass is 9.97. The van der Waals surface area contributed by atoms with E-state index in [0.717, 1.165) is 40.0 Å². The molecule has 0 fully saturated rings. The summed E-state index contributed by atoms with van der Waals surface area (Å²) in [5, 5.41) is 6.34. The summed E-state index contributed by atoms with van der Waals surface area (Å²) in [5.41, 5.74) is 4.34. The highest BCUT2D eigenvalue weighted by atomic mass is 16.7. The number of fused-ring (bicyclic) bond motifs is 2. The van der Waals surface area contributed by atoms with Gasteiger partial charge in [0.1, 0.15) is 0 Å². The molecule has 1 aromatic heterocycles. The van der Waals surface area contributed by atoms with E-state index in [1.165, 1.54) is 0 Å². The van der Waals surface area contributed by atoms with Gasteiger partial charge in [-0.05, 0) is 30.7 Å². The summed E-state index contributed by atoms with van der Waals surface area (Å²) in [7, 11) is 0. The van der Waals surface area contributed by atoms with Gasteiger partial charge in [-0.2, -0.15) is 5.10 Å². The van der Waals surface area contributed by atoms with Crippen molar-refractivity contribution < 1.29 is 14.3 Å². The van der Waals surface area contributed by atoms with E-state index in [1.54, 1.807) is 17.4 Å². The highest BCUT2D eigenvalue weighted by Crippen LogP contribution is 2.38. The van der Waals surface area contributed by atoms with Gasteiger partial charge in [-0.15, -0.1) is 0 Å². The summed E-state index contributed by atoms with van der Waals surface area (Å²) in [6, 6.07) is 11.4. The van der Waals surface area contributed by atoms with E-state index in [9.17, 15) is 4.79 Å². The molecule has 2 aliphatic heterocycles. The van der Waals surface area contributed by atoms with Crippen LogP contribution >= 0.6 is 0 Å². The van der Waals surface area contributed by atoms with Crippen molar-refractivity contribution in [2.75, 3.05) is 6.79 Å². The van der Waals surface area contributed by atoms with Crippen LogP contribution in [-0.4, -0.2) is 33.4 Å². The number of aromatic nitrogens is 2. The molecule has 0 saturated heterocycles. The van der Waals surface area contributed by atoms with Crippen LogP contribution in [0.2, 0.25) is 0 Å². The van der Waals surface area contributed by atoms with Gasteiger partial charge < -0.3 is 9.47 Å². The summed E-state index contributed by atoms with van der Waals surface area (Å²) < 4.78 is 10.9. The van der Waals surface area contributed by atoms with E-state index in [0.29, 0.717) is 18.6 Å². The number of ether oxygens (including phenoxy) is 2. The van der Waals surface area contributed by atoms with Crippen molar-refractivity contribution in [2.24, 2.45) is 5.10 Å². The van der Waals surface area contributed by atoms with Crippen LogP contribution in [0.1, 0.15) is 43.4 Å². The number of hydrogen-bond acceptors (Lipinski definition) is 6. The fourth-order valence-corrected chi connectivity index (χ4v) is 3.85. The molecule has 0 aliphatic carbocycles. The van der Waals surface area contributed by atoms with Crippen LogP contribution < -0.4 is 9.47 Å². The number of nitrogens with zero attached hydrogens (tertiary/aromatic N) is 4. The lowest BCUT2D eigenvalue weighted by molar-refractivity contribution is -0.133. The smallest absolute Gasteiger partial charge is 0.243 e. The quantitative estimate of drug-likeness (QED) is 0.679. The summed E-state index contributed by atoms with van der Waals surface area (Å²) in [6.07, 6.45) is 5.18. The Morgan fingerprint density at radius 3 is 2.90 bits per heavy atom. The first-order valence-corrected chi connectivity index (χ1v) is 9.74. The molecule has 29 heavy (non-hydrogen) atoms. The van der Waals surface area contributed by atoms with Crippen molar-refractivity contribution in [3.63, 3.8) is 0 Å². The monoisotopic (exact) mass is 388 g/mol. The number of carbonyl (C=O) groups is 1. The average Bonchev–Trinajstić information content (AvgIpc) is 3.40. The summed E-state index contributed by atoms with van der Waals surface area (Å²) in [6.45, 7) is 2.22. The molecule has 0 N–H and O–H groups in total.